The summed E-state index contributed by atoms with van der Waals surface area (Å²) in [6.07, 6.45) is 3.82. The van der Waals surface area contributed by atoms with Crippen LogP contribution in [0.15, 0.2) is 60.8 Å². The number of nitrogens with two attached hydrogens (primary N) is 1. The van der Waals surface area contributed by atoms with Crippen molar-refractivity contribution in [1.82, 2.24) is 9.78 Å². The summed E-state index contributed by atoms with van der Waals surface area (Å²) < 4.78 is 1.56. The molecular formula is C21H22N4O2. The number of anilines is 1. The van der Waals surface area contributed by atoms with Crippen molar-refractivity contribution in [3.8, 4) is 5.69 Å². The fourth-order valence-corrected chi connectivity index (χ4v) is 2.73. The Morgan fingerprint density at radius 2 is 1.74 bits per heavy atom. The normalized spacial score (nSPS) is 10.6. The zero-order valence-corrected chi connectivity index (χ0v) is 15.2. The van der Waals surface area contributed by atoms with Gasteiger partial charge < -0.3 is 11.1 Å². The van der Waals surface area contributed by atoms with Crippen LogP contribution in [0.4, 0.5) is 5.69 Å². The Hall–Kier alpha value is -3.41. The molecule has 6 nitrogen and oxygen atoms in total. The quantitative estimate of drug-likeness (QED) is 0.676. The van der Waals surface area contributed by atoms with Gasteiger partial charge in [0.2, 0.25) is 5.91 Å². The van der Waals surface area contributed by atoms with Gasteiger partial charge in [0, 0.05) is 18.3 Å². The van der Waals surface area contributed by atoms with Gasteiger partial charge in [0.1, 0.15) is 5.69 Å². The van der Waals surface area contributed by atoms with Gasteiger partial charge in [0.25, 0.3) is 5.91 Å². The highest BCUT2D eigenvalue weighted by molar-refractivity contribution is 5.91. The lowest BCUT2D eigenvalue weighted by Crippen LogP contribution is -2.12. The minimum Gasteiger partial charge on any atom is -0.364 e. The van der Waals surface area contributed by atoms with Crippen molar-refractivity contribution >= 4 is 17.5 Å². The number of amides is 2. The number of hydrogen-bond donors (Lipinski definition) is 2. The number of primary amides is 1. The molecule has 0 aliphatic carbocycles. The van der Waals surface area contributed by atoms with Gasteiger partial charge in [-0.25, -0.2) is 4.68 Å². The Morgan fingerprint density at radius 3 is 2.37 bits per heavy atom. The number of carbonyl (C=O) groups excluding carboxylic acids is 2. The van der Waals surface area contributed by atoms with E-state index in [1.165, 1.54) is 11.1 Å². The van der Waals surface area contributed by atoms with E-state index in [0.717, 1.165) is 24.2 Å². The van der Waals surface area contributed by atoms with E-state index in [1.807, 2.05) is 12.1 Å². The number of nitrogens with one attached hydrogen (secondary N) is 1. The molecule has 0 atom stereocenters. The number of aromatic nitrogens is 2. The third-order valence-electron chi connectivity index (χ3n) is 4.25. The monoisotopic (exact) mass is 362 g/mol. The van der Waals surface area contributed by atoms with E-state index in [9.17, 15) is 9.59 Å². The van der Waals surface area contributed by atoms with Gasteiger partial charge in [0.15, 0.2) is 0 Å². The standard InChI is InChI=1S/C21H22N4O2/c1-15-5-7-16(8-6-15)3-2-4-20(26)23-17-9-11-18(12-10-17)25-14-13-19(24-25)21(22)27/h5-14H,2-4H2,1H3,(H2,22,27)(H,23,26). The summed E-state index contributed by atoms with van der Waals surface area (Å²) in [6.45, 7) is 2.06. The number of benzene rings is 2. The van der Waals surface area contributed by atoms with E-state index in [2.05, 4.69) is 41.6 Å². The fourth-order valence-electron chi connectivity index (χ4n) is 2.73. The van der Waals surface area contributed by atoms with Gasteiger partial charge in [-0.05, 0) is 55.7 Å². The summed E-state index contributed by atoms with van der Waals surface area (Å²) in [5.74, 6) is -0.576. The van der Waals surface area contributed by atoms with Crippen molar-refractivity contribution in [2.75, 3.05) is 5.32 Å². The highest BCUT2D eigenvalue weighted by atomic mass is 16.2. The minimum atomic E-state index is -0.566. The molecule has 27 heavy (non-hydrogen) atoms. The number of nitrogens with zero attached hydrogens (tertiary/aromatic N) is 2. The van der Waals surface area contributed by atoms with Crippen molar-refractivity contribution in [2.24, 2.45) is 5.73 Å². The first-order chi connectivity index (χ1) is 13.0. The number of aryl methyl sites for hydroxylation is 2. The van der Waals surface area contributed by atoms with Crippen molar-refractivity contribution in [3.63, 3.8) is 0 Å². The Bertz CT molecular complexity index is 928. The minimum absolute atomic E-state index is 0.00929. The van der Waals surface area contributed by atoms with E-state index in [1.54, 1.807) is 29.1 Å². The van der Waals surface area contributed by atoms with Gasteiger partial charge in [-0.1, -0.05) is 29.8 Å². The average Bonchev–Trinajstić information content (AvgIpc) is 3.14. The van der Waals surface area contributed by atoms with Crippen molar-refractivity contribution < 1.29 is 9.59 Å². The number of carbonyl (C=O) groups is 2. The molecule has 2 amide bonds. The molecule has 0 radical (unpaired) electrons. The van der Waals surface area contributed by atoms with E-state index < -0.39 is 5.91 Å². The molecule has 0 spiro atoms. The third kappa shape index (κ3) is 5.04. The summed E-state index contributed by atoms with van der Waals surface area (Å²) in [5.41, 5.74) is 9.40. The predicted molar refractivity (Wildman–Crippen MR) is 105 cm³/mol. The molecule has 0 saturated heterocycles. The number of rotatable bonds is 7. The molecule has 0 aliphatic rings. The highest BCUT2D eigenvalue weighted by Gasteiger charge is 2.07. The maximum Gasteiger partial charge on any atom is 0.269 e. The molecule has 3 N–H and O–H groups in total. The van der Waals surface area contributed by atoms with Gasteiger partial charge in [-0.2, -0.15) is 5.10 Å². The first-order valence-corrected chi connectivity index (χ1v) is 8.82. The first-order valence-electron chi connectivity index (χ1n) is 8.82. The largest absolute Gasteiger partial charge is 0.364 e. The molecule has 0 saturated carbocycles. The second-order valence-electron chi connectivity index (χ2n) is 6.44. The molecule has 6 heteroatoms. The molecule has 2 aromatic carbocycles. The molecule has 3 aromatic rings. The topological polar surface area (TPSA) is 90.0 Å². The van der Waals surface area contributed by atoms with Crippen molar-refractivity contribution in [1.29, 1.82) is 0 Å². The van der Waals surface area contributed by atoms with Gasteiger partial charge in [0.05, 0.1) is 5.69 Å². The SMILES string of the molecule is Cc1ccc(CCCC(=O)Nc2ccc(-n3ccc(C(N)=O)n3)cc2)cc1. The maximum absolute atomic E-state index is 12.1. The van der Waals surface area contributed by atoms with E-state index in [4.69, 9.17) is 5.73 Å². The third-order valence-corrected chi connectivity index (χ3v) is 4.25. The Kier molecular flexibility index (Phi) is 5.66. The van der Waals surface area contributed by atoms with Crippen LogP contribution in [0.1, 0.15) is 34.5 Å². The highest BCUT2D eigenvalue weighted by Crippen LogP contribution is 2.14. The van der Waals surface area contributed by atoms with Crippen LogP contribution in [-0.2, 0) is 11.2 Å². The molecule has 138 valence electrons. The summed E-state index contributed by atoms with van der Waals surface area (Å²) >= 11 is 0. The van der Waals surface area contributed by atoms with E-state index in [-0.39, 0.29) is 11.6 Å². The van der Waals surface area contributed by atoms with Crippen LogP contribution in [0, 0.1) is 6.92 Å². The Labute approximate surface area is 158 Å². The second kappa shape index (κ2) is 8.31. The zero-order chi connectivity index (χ0) is 19.2. The molecular weight excluding hydrogens is 340 g/mol. The average molecular weight is 362 g/mol. The van der Waals surface area contributed by atoms with Gasteiger partial charge in [-0.3, -0.25) is 9.59 Å². The van der Waals surface area contributed by atoms with Crippen LogP contribution in [0.5, 0.6) is 0 Å². The van der Waals surface area contributed by atoms with Gasteiger partial charge >= 0.3 is 0 Å². The van der Waals surface area contributed by atoms with E-state index >= 15 is 0 Å². The summed E-state index contributed by atoms with van der Waals surface area (Å²) in [4.78, 5) is 23.2. The molecule has 0 fully saturated rings. The second-order valence-corrected chi connectivity index (χ2v) is 6.44. The molecule has 0 bridgehead atoms. The summed E-state index contributed by atoms with van der Waals surface area (Å²) in [7, 11) is 0. The number of hydrogen-bond acceptors (Lipinski definition) is 3. The predicted octanol–water partition coefficient (Wildman–Crippen LogP) is 3.24. The van der Waals surface area contributed by atoms with Crippen LogP contribution in [-0.4, -0.2) is 21.6 Å². The van der Waals surface area contributed by atoms with Crippen LogP contribution < -0.4 is 11.1 Å². The molecule has 1 aromatic heterocycles. The van der Waals surface area contributed by atoms with Gasteiger partial charge in [-0.15, -0.1) is 0 Å². The van der Waals surface area contributed by atoms with Crippen LogP contribution in [0.3, 0.4) is 0 Å². The first kappa shape index (κ1) is 18.4. The lowest BCUT2D eigenvalue weighted by molar-refractivity contribution is -0.116. The van der Waals surface area contributed by atoms with Crippen LogP contribution in [0.2, 0.25) is 0 Å². The zero-order valence-electron chi connectivity index (χ0n) is 15.2. The van der Waals surface area contributed by atoms with E-state index in [0.29, 0.717) is 6.42 Å². The van der Waals surface area contributed by atoms with Crippen molar-refractivity contribution in [2.45, 2.75) is 26.2 Å². The fraction of sp³-hybridized carbons (Fsp3) is 0.190. The molecule has 1 heterocycles. The maximum atomic E-state index is 12.1. The van der Waals surface area contributed by atoms with Crippen molar-refractivity contribution in [3.05, 3.63) is 77.6 Å². The molecule has 0 aliphatic heterocycles. The smallest absolute Gasteiger partial charge is 0.269 e. The van der Waals surface area contributed by atoms with Crippen LogP contribution in [0.25, 0.3) is 5.69 Å². The summed E-state index contributed by atoms with van der Waals surface area (Å²) in [5, 5.41) is 7.00. The Balaban J connectivity index is 1.50. The lowest BCUT2D eigenvalue weighted by atomic mass is 10.1. The van der Waals surface area contributed by atoms with Crippen LogP contribution >= 0.6 is 0 Å². The lowest BCUT2D eigenvalue weighted by Gasteiger charge is -2.07. The summed E-state index contributed by atoms with van der Waals surface area (Å²) in [6, 6.07) is 17.2. The molecule has 3 rings (SSSR count). The Morgan fingerprint density at radius 1 is 1.04 bits per heavy atom. The molecule has 0 unspecified atom stereocenters.